The van der Waals surface area contributed by atoms with E-state index in [2.05, 4.69) is 53.6 Å². The van der Waals surface area contributed by atoms with Crippen molar-refractivity contribution < 1.29 is 0 Å². The van der Waals surface area contributed by atoms with Crippen molar-refractivity contribution in [3.05, 3.63) is 66.2 Å². The maximum Gasteiger partial charge on any atom is 0.126 e. The Kier molecular flexibility index (Phi) is 4.36. The van der Waals surface area contributed by atoms with E-state index in [1.54, 1.807) is 11.8 Å². The van der Waals surface area contributed by atoms with E-state index in [0.717, 1.165) is 28.6 Å². The van der Waals surface area contributed by atoms with Crippen LogP contribution in [0.5, 0.6) is 0 Å². The van der Waals surface area contributed by atoms with Crippen molar-refractivity contribution in [2.24, 2.45) is 0 Å². The third-order valence-electron chi connectivity index (χ3n) is 3.19. The molecule has 3 aromatic rings. The Morgan fingerprint density at radius 3 is 2.29 bits per heavy atom. The van der Waals surface area contributed by atoms with E-state index in [1.165, 1.54) is 5.56 Å². The van der Waals surface area contributed by atoms with Gasteiger partial charge in [0.2, 0.25) is 0 Å². The fourth-order valence-corrected chi connectivity index (χ4v) is 3.04. The van der Waals surface area contributed by atoms with Gasteiger partial charge < -0.3 is 0 Å². The molecule has 0 radical (unpaired) electrons. The highest BCUT2D eigenvalue weighted by Gasteiger charge is 2.14. The van der Waals surface area contributed by atoms with Crippen LogP contribution in [0.4, 0.5) is 0 Å². The minimum Gasteiger partial charge on any atom is -0.234 e. The molecule has 3 rings (SSSR count). The summed E-state index contributed by atoms with van der Waals surface area (Å²) in [5.74, 6) is 1.00. The standard InChI is InChI=1S/C17H17N3S/c1-2-21-17-16(15-11-7-4-8-12-15)18-19-20(17)13-14-9-5-3-6-10-14/h3-12H,2,13H2,1H3. The summed E-state index contributed by atoms with van der Waals surface area (Å²) in [6.07, 6.45) is 0. The molecule has 2 aromatic carbocycles. The summed E-state index contributed by atoms with van der Waals surface area (Å²) in [5, 5.41) is 9.88. The summed E-state index contributed by atoms with van der Waals surface area (Å²) in [5.41, 5.74) is 3.33. The molecule has 0 saturated carbocycles. The minimum atomic E-state index is 0.753. The molecule has 0 amide bonds. The Morgan fingerprint density at radius 1 is 0.952 bits per heavy atom. The third-order valence-corrected chi connectivity index (χ3v) is 4.16. The fourth-order valence-electron chi connectivity index (χ4n) is 2.22. The van der Waals surface area contributed by atoms with Crippen molar-refractivity contribution in [3.8, 4) is 11.3 Å². The van der Waals surface area contributed by atoms with Crippen LogP contribution in [-0.4, -0.2) is 20.7 Å². The maximum atomic E-state index is 4.39. The summed E-state index contributed by atoms with van der Waals surface area (Å²) in [7, 11) is 0. The van der Waals surface area contributed by atoms with Gasteiger partial charge in [-0.3, -0.25) is 0 Å². The molecule has 0 fully saturated rings. The third kappa shape index (κ3) is 3.16. The molecule has 0 saturated heterocycles. The molecule has 3 nitrogen and oxygen atoms in total. The van der Waals surface area contributed by atoms with Gasteiger partial charge in [-0.05, 0) is 11.3 Å². The van der Waals surface area contributed by atoms with Gasteiger partial charge in [-0.1, -0.05) is 72.8 Å². The second-order valence-electron chi connectivity index (χ2n) is 4.69. The molecule has 1 aromatic heterocycles. The Bertz CT molecular complexity index is 693. The number of benzene rings is 2. The fraction of sp³-hybridized carbons (Fsp3) is 0.176. The number of rotatable bonds is 5. The van der Waals surface area contributed by atoms with Crippen LogP contribution in [-0.2, 0) is 6.54 Å². The van der Waals surface area contributed by atoms with Crippen molar-refractivity contribution >= 4 is 11.8 Å². The van der Waals surface area contributed by atoms with Crippen molar-refractivity contribution in [2.75, 3.05) is 5.75 Å². The van der Waals surface area contributed by atoms with E-state index in [0.29, 0.717) is 0 Å². The first-order chi connectivity index (χ1) is 10.4. The summed E-state index contributed by atoms with van der Waals surface area (Å²) in [6.45, 7) is 2.91. The van der Waals surface area contributed by atoms with Crippen LogP contribution in [0.15, 0.2) is 65.7 Å². The van der Waals surface area contributed by atoms with Crippen LogP contribution in [0.1, 0.15) is 12.5 Å². The Labute approximate surface area is 129 Å². The number of thioether (sulfide) groups is 1. The molecule has 0 bridgehead atoms. The topological polar surface area (TPSA) is 30.7 Å². The van der Waals surface area contributed by atoms with Gasteiger partial charge in [0.1, 0.15) is 10.7 Å². The minimum absolute atomic E-state index is 0.753. The molecular formula is C17H17N3S. The van der Waals surface area contributed by atoms with Crippen LogP contribution in [0, 0.1) is 0 Å². The molecule has 0 atom stereocenters. The zero-order valence-electron chi connectivity index (χ0n) is 11.9. The van der Waals surface area contributed by atoms with Crippen molar-refractivity contribution in [1.82, 2.24) is 15.0 Å². The van der Waals surface area contributed by atoms with Gasteiger partial charge in [0, 0.05) is 5.56 Å². The zero-order chi connectivity index (χ0) is 14.5. The number of hydrogen-bond donors (Lipinski definition) is 0. The van der Waals surface area contributed by atoms with Gasteiger partial charge in [-0.2, -0.15) is 0 Å². The molecule has 0 unspecified atom stereocenters. The second kappa shape index (κ2) is 6.59. The van der Waals surface area contributed by atoms with E-state index >= 15 is 0 Å². The van der Waals surface area contributed by atoms with E-state index < -0.39 is 0 Å². The van der Waals surface area contributed by atoms with Crippen LogP contribution >= 0.6 is 11.8 Å². The quantitative estimate of drug-likeness (QED) is 0.664. The lowest BCUT2D eigenvalue weighted by atomic mass is 10.2. The largest absolute Gasteiger partial charge is 0.234 e. The first kappa shape index (κ1) is 13.9. The van der Waals surface area contributed by atoms with E-state index in [4.69, 9.17) is 0 Å². The lowest BCUT2D eigenvalue weighted by Gasteiger charge is -2.07. The maximum absolute atomic E-state index is 4.39. The Hall–Kier alpha value is -2.07. The summed E-state index contributed by atoms with van der Waals surface area (Å²) >= 11 is 1.79. The lowest BCUT2D eigenvalue weighted by Crippen LogP contribution is -2.03. The van der Waals surface area contributed by atoms with E-state index in [1.807, 2.05) is 28.9 Å². The molecule has 0 aliphatic rings. The summed E-state index contributed by atoms with van der Waals surface area (Å²) in [6, 6.07) is 20.6. The number of hydrogen-bond acceptors (Lipinski definition) is 3. The normalized spacial score (nSPS) is 10.7. The molecule has 106 valence electrons. The van der Waals surface area contributed by atoms with Gasteiger partial charge >= 0.3 is 0 Å². The van der Waals surface area contributed by atoms with Gasteiger partial charge in [-0.25, -0.2) is 4.68 Å². The van der Waals surface area contributed by atoms with Crippen LogP contribution in [0.3, 0.4) is 0 Å². The zero-order valence-corrected chi connectivity index (χ0v) is 12.8. The summed E-state index contributed by atoms with van der Waals surface area (Å²) in [4.78, 5) is 0. The van der Waals surface area contributed by atoms with Gasteiger partial charge in [0.05, 0.1) is 6.54 Å². The lowest BCUT2D eigenvalue weighted by molar-refractivity contribution is 0.604. The van der Waals surface area contributed by atoms with Gasteiger partial charge in [0.15, 0.2) is 0 Å². The number of nitrogens with zero attached hydrogens (tertiary/aromatic N) is 3. The van der Waals surface area contributed by atoms with Crippen LogP contribution in [0.25, 0.3) is 11.3 Å². The van der Waals surface area contributed by atoms with Gasteiger partial charge in [0.25, 0.3) is 0 Å². The molecule has 21 heavy (non-hydrogen) atoms. The molecule has 0 aliphatic heterocycles. The molecule has 0 spiro atoms. The first-order valence-electron chi connectivity index (χ1n) is 7.04. The highest BCUT2D eigenvalue weighted by Crippen LogP contribution is 2.29. The predicted molar refractivity (Wildman–Crippen MR) is 87.4 cm³/mol. The first-order valence-corrected chi connectivity index (χ1v) is 8.02. The SMILES string of the molecule is CCSc1c(-c2ccccc2)nnn1Cc1ccccc1. The van der Waals surface area contributed by atoms with Gasteiger partial charge in [-0.15, -0.1) is 16.9 Å². The van der Waals surface area contributed by atoms with Crippen LogP contribution < -0.4 is 0 Å². The highest BCUT2D eigenvalue weighted by molar-refractivity contribution is 7.99. The molecule has 0 N–H and O–H groups in total. The Balaban J connectivity index is 1.96. The monoisotopic (exact) mass is 295 g/mol. The van der Waals surface area contributed by atoms with E-state index in [9.17, 15) is 0 Å². The van der Waals surface area contributed by atoms with Crippen LogP contribution in [0.2, 0.25) is 0 Å². The predicted octanol–water partition coefficient (Wildman–Crippen LogP) is 4.11. The molecule has 1 heterocycles. The highest BCUT2D eigenvalue weighted by atomic mass is 32.2. The Morgan fingerprint density at radius 2 is 1.62 bits per heavy atom. The van der Waals surface area contributed by atoms with Crippen molar-refractivity contribution in [1.29, 1.82) is 0 Å². The average Bonchev–Trinajstić information content (AvgIpc) is 2.92. The molecular weight excluding hydrogens is 278 g/mol. The summed E-state index contributed by atoms with van der Waals surface area (Å²) < 4.78 is 1.99. The second-order valence-corrected chi connectivity index (χ2v) is 5.94. The van der Waals surface area contributed by atoms with Crippen molar-refractivity contribution in [3.63, 3.8) is 0 Å². The van der Waals surface area contributed by atoms with E-state index in [-0.39, 0.29) is 0 Å². The molecule has 4 heteroatoms. The average molecular weight is 295 g/mol. The number of aromatic nitrogens is 3. The smallest absolute Gasteiger partial charge is 0.126 e. The molecule has 0 aliphatic carbocycles. The van der Waals surface area contributed by atoms with Crippen molar-refractivity contribution in [2.45, 2.75) is 18.5 Å².